The van der Waals surface area contributed by atoms with Crippen molar-refractivity contribution in [2.45, 2.75) is 27.3 Å². The summed E-state index contributed by atoms with van der Waals surface area (Å²) in [4.78, 5) is 0. The molecule has 3 aromatic rings. The summed E-state index contributed by atoms with van der Waals surface area (Å²) in [5.41, 5.74) is 5.49. The summed E-state index contributed by atoms with van der Waals surface area (Å²) in [7, 11) is 1.87. The van der Waals surface area contributed by atoms with Crippen LogP contribution in [0.2, 0.25) is 10.0 Å². The highest BCUT2D eigenvalue weighted by molar-refractivity contribution is 7.80. The molecule has 0 saturated carbocycles. The van der Waals surface area contributed by atoms with Crippen LogP contribution in [-0.2, 0) is 13.6 Å². The van der Waals surface area contributed by atoms with Crippen LogP contribution in [0.3, 0.4) is 0 Å². The number of rotatable bonds is 4. The van der Waals surface area contributed by atoms with Crippen LogP contribution in [-0.4, -0.2) is 24.7 Å². The second-order valence-corrected chi connectivity index (χ2v) is 7.56. The van der Waals surface area contributed by atoms with Crippen molar-refractivity contribution >= 4 is 51.9 Å². The predicted octanol–water partition coefficient (Wildman–Crippen LogP) is 4.71. The first-order valence-electron chi connectivity index (χ1n) is 8.30. The molecular weight excluding hydrogens is 403 g/mol. The van der Waals surface area contributed by atoms with Crippen LogP contribution in [0, 0.1) is 20.8 Å². The monoisotopic (exact) mass is 422 g/mol. The highest BCUT2D eigenvalue weighted by Crippen LogP contribution is 2.25. The third-order valence-electron chi connectivity index (χ3n) is 4.20. The number of thiocarbonyl (C=S) groups is 1. The molecule has 3 rings (SSSR count). The molecule has 2 aromatic heterocycles. The summed E-state index contributed by atoms with van der Waals surface area (Å²) in [5, 5.41) is 16.9. The zero-order valence-corrected chi connectivity index (χ0v) is 17.8. The number of aryl methyl sites for hydroxylation is 3. The van der Waals surface area contributed by atoms with Crippen LogP contribution in [0.25, 0.3) is 0 Å². The Hall–Kier alpha value is -2.09. The smallest absolute Gasteiger partial charge is 0.175 e. The Morgan fingerprint density at radius 1 is 1.07 bits per heavy atom. The van der Waals surface area contributed by atoms with Gasteiger partial charge in [0.2, 0.25) is 0 Å². The number of benzene rings is 1. The Balaban J connectivity index is 1.75. The molecule has 0 fully saturated rings. The van der Waals surface area contributed by atoms with Crippen LogP contribution in [0.15, 0.2) is 24.4 Å². The van der Waals surface area contributed by atoms with Crippen molar-refractivity contribution in [2.75, 3.05) is 10.6 Å². The van der Waals surface area contributed by atoms with Gasteiger partial charge in [0.15, 0.2) is 5.11 Å². The van der Waals surface area contributed by atoms with Crippen LogP contribution in [0.5, 0.6) is 0 Å². The molecule has 27 heavy (non-hydrogen) atoms. The molecule has 0 unspecified atom stereocenters. The SMILES string of the molecule is Cc1nn(C)cc1NC(=S)Nc1c(C)nn(Cc2ccc(Cl)c(Cl)c2)c1C. The minimum absolute atomic E-state index is 0.492. The third kappa shape index (κ3) is 4.43. The maximum atomic E-state index is 6.11. The largest absolute Gasteiger partial charge is 0.330 e. The van der Waals surface area contributed by atoms with E-state index in [0.29, 0.717) is 21.7 Å². The van der Waals surface area contributed by atoms with Crippen molar-refractivity contribution in [3.8, 4) is 0 Å². The quantitative estimate of drug-likeness (QED) is 0.596. The van der Waals surface area contributed by atoms with Crippen LogP contribution in [0.4, 0.5) is 11.4 Å². The third-order valence-corrected chi connectivity index (χ3v) is 5.14. The molecule has 2 N–H and O–H groups in total. The molecule has 0 radical (unpaired) electrons. The van der Waals surface area contributed by atoms with E-state index in [-0.39, 0.29) is 0 Å². The lowest BCUT2D eigenvalue weighted by atomic mass is 10.2. The number of nitrogens with one attached hydrogen (secondary N) is 2. The van der Waals surface area contributed by atoms with Crippen LogP contribution >= 0.6 is 35.4 Å². The molecule has 9 heteroatoms. The van der Waals surface area contributed by atoms with Crippen molar-refractivity contribution in [3.63, 3.8) is 0 Å². The Labute approximate surface area is 173 Å². The zero-order valence-electron chi connectivity index (χ0n) is 15.5. The Bertz CT molecular complexity index is 1010. The number of hydrogen-bond acceptors (Lipinski definition) is 3. The van der Waals surface area contributed by atoms with E-state index in [1.807, 2.05) is 50.8 Å². The summed E-state index contributed by atoms with van der Waals surface area (Å²) < 4.78 is 3.65. The number of hydrogen-bond donors (Lipinski definition) is 2. The van der Waals surface area contributed by atoms with Gasteiger partial charge in [0, 0.05) is 13.2 Å². The minimum Gasteiger partial charge on any atom is -0.330 e. The highest BCUT2D eigenvalue weighted by atomic mass is 35.5. The lowest BCUT2D eigenvalue weighted by Gasteiger charge is -2.11. The van der Waals surface area contributed by atoms with Gasteiger partial charge in [-0.3, -0.25) is 9.36 Å². The van der Waals surface area contributed by atoms with E-state index in [1.165, 1.54) is 0 Å². The van der Waals surface area contributed by atoms with E-state index in [2.05, 4.69) is 20.8 Å². The fraction of sp³-hybridized carbons (Fsp3) is 0.278. The molecular formula is C18H20Cl2N6S. The van der Waals surface area contributed by atoms with Gasteiger partial charge in [0.25, 0.3) is 0 Å². The van der Waals surface area contributed by atoms with Gasteiger partial charge in [0.1, 0.15) is 0 Å². The van der Waals surface area contributed by atoms with Gasteiger partial charge in [-0.1, -0.05) is 29.3 Å². The molecule has 0 bridgehead atoms. The van der Waals surface area contributed by atoms with E-state index in [9.17, 15) is 0 Å². The average Bonchev–Trinajstić information content (AvgIpc) is 3.04. The topological polar surface area (TPSA) is 59.7 Å². The van der Waals surface area contributed by atoms with Gasteiger partial charge < -0.3 is 10.6 Å². The maximum Gasteiger partial charge on any atom is 0.175 e. The zero-order chi connectivity index (χ0) is 19.7. The molecule has 6 nitrogen and oxygen atoms in total. The second-order valence-electron chi connectivity index (χ2n) is 6.33. The van der Waals surface area contributed by atoms with Crippen molar-refractivity contribution in [1.29, 1.82) is 0 Å². The van der Waals surface area contributed by atoms with Gasteiger partial charge in [-0.2, -0.15) is 10.2 Å². The number of aromatic nitrogens is 4. The Morgan fingerprint density at radius 3 is 2.44 bits per heavy atom. The fourth-order valence-electron chi connectivity index (χ4n) is 2.83. The normalized spacial score (nSPS) is 10.9. The summed E-state index contributed by atoms with van der Waals surface area (Å²) in [6.45, 7) is 6.46. The van der Waals surface area contributed by atoms with Gasteiger partial charge in [-0.15, -0.1) is 0 Å². The lowest BCUT2D eigenvalue weighted by molar-refractivity contribution is 0.659. The van der Waals surface area contributed by atoms with Gasteiger partial charge >= 0.3 is 0 Å². The minimum atomic E-state index is 0.492. The molecule has 1 aromatic carbocycles. The fourth-order valence-corrected chi connectivity index (χ4v) is 3.36. The first-order chi connectivity index (χ1) is 12.7. The van der Waals surface area contributed by atoms with Crippen molar-refractivity contribution in [2.24, 2.45) is 7.05 Å². The Kier molecular flexibility index (Phi) is 5.74. The van der Waals surface area contributed by atoms with E-state index >= 15 is 0 Å². The number of nitrogens with zero attached hydrogens (tertiary/aromatic N) is 4. The number of anilines is 2. The van der Waals surface area contributed by atoms with Crippen LogP contribution < -0.4 is 10.6 Å². The molecule has 2 heterocycles. The van der Waals surface area contributed by atoms with Crippen molar-refractivity contribution < 1.29 is 0 Å². The van der Waals surface area contributed by atoms with Gasteiger partial charge in [-0.05, 0) is 50.7 Å². The second kappa shape index (κ2) is 7.88. The van der Waals surface area contributed by atoms with Crippen molar-refractivity contribution in [1.82, 2.24) is 19.6 Å². The molecule has 0 aliphatic rings. The maximum absolute atomic E-state index is 6.11. The molecule has 142 valence electrons. The standard InChI is InChI=1S/C18H20Cl2N6S/c1-10-16(9-25(4)23-10)21-18(27)22-17-11(2)24-26(12(17)3)8-13-5-6-14(19)15(20)7-13/h5-7,9H,8H2,1-4H3,(H2,21,22,27). The van der Waals surface area contributed by atoms with Crippen LogP contribution in [0.1, 0.15) is 22.6 Å². The molecule has 0 spiro atoms. The number of halogens is 2. The molecule has 0 saturated heterocycles. The van der Waals surface area contributed by atoms with E-state index < -0.39 is 0 Å². The molecule has 0 amide bonds. The van der Waals surface area contributed by atoms with Gasteiger partial charge in [0.05, 0.1) is 45.0 Å². The highest BCUT2D eigenvalue weighted by Gasteiger charge is 2.14. The molecule has 0 aliphatic heterocycles. The summed E-state index contributed by atoms with van der Waals surface area (Å²) in [5.74, 6) is 0. The molecule has 0 aliphatic carbocycles. The first kappa shape index (κ1) is 19.7. The molecule has 0 atom stereocenters. The van der Waals surface area contributed by atoms with E-state index in [0.717, 1.165) is 34.0 Å². The summed E-state index contributed by atoms with van der Waals surface area (Å²) in [6, 6.07) is 5.58. The summed E-state index contributed by atoms with van der Waals surface area (Å²) in [6.07, 6.45) is 1.89. The van der Waals surface area contributed by atoms with Gasteiger partial charge in [-0.25, -0.2) is 0 Å². The average molecular weight is 423 g/mol. The lowest BCUT2D eigenvalue weighted by Crippen LogP contribution is -2.20. The summed E-state index contributed by atoms with van der Waals surface area (Å²) >= 11 is 17.5. The van der Waals surface area contributed by atoms with Crippen molar-refractivity contribution in [3.05, 3.63) is 57.1 Å². The van der Waals surface area contributed by atoms with E-state index in [1.54, 1.807) is 10.7 Å². The predicted molar refractivity (Wildman–Crippen MR) is 115 cm³/mol. The first-order valence-corrected chi connectivity index (χ1v) is 9.47. The van der Waals surface area contributed by atoms with E-state index in [4.69, 9.17) is 35.4 Å². The Morgan fingerprint density at radius 2 is 1.81 bits per heavy atom.